The summed E-state index contributed by atoms with van der Waals surface area (Å²) in [6, 6.07) is 0. The summed E-state index contributed by atoms with van der Waals surface area (Å²) in [6.07, 6.45) is 5.30. The van der Waals surface area contributed by atoms with E-state index in [-0.39, 0.29) is 24.0 Å². The highest BCUT2D eigenvalue weighted by molar-refractivity contribution is 5.86. The number of carbonyl (C=O) groups excluding carboxylic acids is 1. The number of amides is 1. The van der Waals surface area contributed by atoms with Gasteiger partial charge in [-0.1, -0.05) is 0 Å². The van der Waals surface area contributed by atoms with Gasteiger partial charge in [0.2, 0.25) is 5.91 Å². The second-order valence-electron chi connectivity index (χ2n) is 5.66. The van der Waals surface area contributed by atoms with E-state index in [1.54, 1.807) is 0 Å². The van der Waals surface area contributed by atoms with Crippen molar-refractivity contribution in [1.82, 2.24) is 10.2 Å². The zero-order chi connectivity index (χ0) is 12.3. The van der Waals surface area contributed by atoms with Crippen LogP contribution in [-0.4, -0.2) is 47.7 Å². The minimum Gasteiger partial charge on any atom is -0.396 e. The van der Waals surface area contributed by atoms with Crippen LogP contribution in [0, 0.1) is 5.92 Å². The number of aliphatic hydroxyl groups excluding tert-OH is 1. The highest BCUT2D eigenvalue weighted by Crippen LogP contribution is 2.24. The maximum Gasteiger partial charge on any atom is 0.242 e. The van der Waals surface area contributed by atoms with E-state index in [1.807, 2.05) is 11.8 Å². The van der Waals surface area contributed by atoms with E-state index in [2.05, 4.69) is 5.32 Å². The number of carbonyl (C=O) groups is 1. The number of piperidine rings is 2. The molecule has 2 aliphatic rings. The van der Waals surface area contributed by atoms with Crippen LogP contribution in [0.2, 0.25) is 0 Å². The molecule has 1 amide bonds. The molecule has 2 heterocycles. The molecule has 2 atom stereocenters. The number of nitrogens with one attached hydrogen (secondary N) is 1. The summed E-state index contributed by atoms with van der Waals surface area (Å²) in [5, 5.41) is 12.6. The topological polar surface area (TPSA) is 52.6 Å². The smallest absolute Gasteiger partial charge is 0.242 e. The van der Waals surface area contributed by atoms with Gasteiger partial charge in [0, 0.05) is 19.7 Å². The van der Waals surface area contributed by atoms with Gasteiger partial charge in [-0.3, -0.25) is 4.79 Å². The highest BCUT2D eigenvalue weighted by atomic mass is 16.3. The van der Waals surface area contributed by atoms with Crippen molar-refractivity contribution < 1.29 is 9.90 Å². The fourth-order valence-electron chi connectivity index (χ4n) is 2.99. The van der Waals surface area contributed by atoms with E-state index in [9.17, 15) is 9.90 Å². The Bertz CT molecular complexity index is 275. The average molecular weight is 240 g/mol. The van der Waals surface area contributed by atoms with Crippen LogP contribution in [0.3, 0.4) is 0 Å². The Kier molecular flexibility index (Phi) is 4.05. The molecule has 0 spiro atoms. The van der Waals surface area contributed by atoms with Crippen LogP contribution in [0.15, 0.2) is 0 Å². The standard InChI is InChI=1S/C13H24N2O2/c1-13(6-2-3-7-14-13)12(17)15-8-4-5-11(9-15)10-16/h11,14,16H,2-10H2,1H3. The number of likely N-dealkylation sites (tertiary alicyclic amines) is 1. The maximum absolute atomic E-state index is 12.5. The monoisotopic (exact) mass is 240 g/mol. The van der Waals surface area contributed by atoms with E-state index in [4.69, 9.17) is 0 Å². The van der Waals surface area contributed by atoms with Gasteiger partial charge in [-0.25, -0.2) is 0 Å². The second-order valence-corrected chi connectivity index (χ2v) is 5.66. The molecule has 2 fully saturated rings. The molecule has 17 heavy (non-hydrogen) atoms. The van der Waals surface area contributed by atoms with E-state index < -0.39 is 0 Å². The van der Waals surface area contributed by atoms with Crippen LogP contribution in [0.1, 0.15) is 39.0 Å². The summed E-state index contributed by atoms with van der Waals surface area (Å²) in [4.78, 5) is 14.5. The van der Waals surface area contributed by atoms with Gasteiger partial charge in [0.15, 0.2) is 0 Å². The molecule has 2 N–H and O–H groups in total. The molecule has 98 valence electrons. The third-order valence-corrected chi connectivity index (χ3v) is 4.16. The van der Waals surface area contributed by atoms with Gasteiger partial charge in [-0.05, 0) is 51.5 Å². The Morgan fingerprint density at radius 3 is 2.94 bits per heavy atom. The minimum absolute atomic E-state index is 0.202. The van der Waals surface area contributed by atoms with Crippen LogP contribution in [0.4, 0.5) is 0 Å². The van der Waals surface area contributed by atoms with E-state index in [1.165, 1.54) is 6.42 Å². The molecule has 4 heteroatoms. The van der Waals surface area contributed by atoms with Crippen molar-refractivity contribution in [3.05, 3.63) is 0 Å². The fourth-order valence-corrected chi connectivity index (χ4v) is 2.99. The van der Waals surface area contributed by atoms with Gasteiger partial charge < -0.3 is 15.3 Å². The Balaban J connectivity index is 1.98. The third kappa shape index (κ3) is 2.80. The summed E-state index contributed by atoms with van der Waals surface area (Å²) in [5.74, 6) is 0.509. The van der Waals surface area contributed by atoms with Crippen LogP contribution in [0.5, 0.6) is 0 Å². The summed E-state index contributed by atoms with van der Waals surface area (Å²) >= 11 is 0. The number of aliphatic hydroxyl groups is 1. The van der Waals surface area contributed by atoms with Crippen molar-refractivity contribution in [2.75, 3.05) is 26.2 Å². The lowest BCUT2D eigenvalue weighted by molar-refractivity contribution is -0.140. The van der Waals surface area contributed by atoms with Crippen LogP contribution < -0.4 is 5.32 Å². The molecule has 2 aliphatic heterocycles. The van der Waals surface area contributed by atoms with Gasteiger partial charge in [0.1, 0.15) is 0 Å². The normalized spacial score (nSPS) is 34.7. The molecule has 0 aromatic carbocycles. The van der Waals surface area contributed by atoms with Gasteiger partial charge in [0.25, 0.3) is 0 Å². The van der Waals surface area contributed by atoms with Crippen LogP contribution in [-0.2, 0) is 4.79 Å². The molecule has 2 saturated heterocycles. The Hall–Kier alpha value is -0.610. The summed E-state index contributed by atoms with van der Waals surface area (Å²) < 4.78 is 0. The summed E-state index contributed by atoms with van der Waals surface area (Å²) in [6.45, 7) is 4.75. The fraction of sp³-hybridized carbons (Fsp3) is 0.923. The van der Waals surface area contributed by atoms with Gasteiger partial charge in [0.05, 0.1) is 5.54 Å². The Morgan fingerprint density at radius 2 is 2.29 bits per heavy atom. The second kappa shape index (κ2) is 5.36. The van der Waals surface area contributed by atoms with E-state index in [0.717, 1.165) is 45.3 Å². The number of nitrogens with zero attached hydrogens (tertiary/aromatic N) is 1. The van der Waals surface area contributed by atoms with E-state index in [0.29, 0.717) is 0 Å². The molecular weight excluding hydrogens is 216 g/mol. The maximum atomic E-state index is 12.5. The molecule has 2 rings (SSSR count). The minimum atomic E-state index is -0.365. The Morgan fingerprint density at radius 1 is 1.47 bits per heavy atom. The molecule has 0 aromatic rings. The lowest BCUT2D eigenvalue weighted by Crippen LogP contribution is -2.59. The molecule has 4 nitrogen and oxygen atoms in total. The molecular formula is C13H24N2O2. The van der Waals surface area contributed by atoms with Crippen LogP contribution >= 0.6 is 0 Å². The first-order valence-corrected chi connectivity index (χ1v) is 6.81. The van der Waals surface area contributed by atoms with Gasteiger partial charge in [-0.15, -0.1) is 0 Å². The van der Waals surface area contributed by atoms with Crippen molar-refractivity contribution in [2.24, 2.45) is 5.92 Å². The molecule has 0 aliphatic carbocycles. The molecule has 0 saturated carbocycles. The average Bonchev–Trinajstić information content (AvgIpc) is 2.39. The molecule has 0 aromatic heterocycles. The van der Waals surface area contributed by atoms with Gasteiger partial charge in [-0.2, -0.15) is 0 Å². The molecule has 0 bridgehead atoms. The summed E-state index contributed by atoms with van der Waals surface area (Å²) in [7, 11) is 0. The van der Waals surface area contributed by atoms with Crippen molar-refractivity contribution in [2.45, 2.75) is 44.6 Å². The first-order valence-electron chi connectivity index (χ1n) is 6.81. The summed E-state index contributed by atoms with van der Waals surface area (Å²) in [5.41, 5.74) is -0.365. The number of hydrogen-bond donors (Lipinski definition) is 2. The van der Waals surface area contributed by atoms with Gasteiger partial charge >= 0.3 is 0 Å². The predicted molar refractivity (Wildman–Crippen MR) is 66.6 cm³/mol. The predicted octanol–water partition coefficient (Wildman–Crippen LogP) is 0.749. The molecule has 2 unspecified atom stereocenters. The quantitative estimate of drug-likeness (QED) is 0.749. The van der Waals surface area contributed by atoms with Crippen molar-refractivity contribution in [3.63, 3.8) is 0 Å². The van der Waals surface area contributed by atoms with Crippen molar-refractivity contribution >= 4 is 5.91 Å². The largest absolute Gasteiger partial charge is 0.396 e. The number of hydrogen-bond acceptors (Lipinski definition) is 3. The lowest BCUT2D eigenvalue weighted by Gasteiger charge is -2.41. The van der Waals surface area contributed by atoms with E-state index >= 15 is 0 Å². The number of rotatable bonds is 2. The first-order chi connectivity index (χ1) is 8.15. The lowest BCUT2D eigenvalue weighted by atomic mass is 9.88. The molecule has 0 radical (unpaired) electrons. The third-order valence-electron chi connectivity index (χ3n) is 4.16. The van der Waals surface area contributed by atoms with Crippen LogP contribution in [0.25, 0.3) is 0 Å². The zero-order valence-corrected chi connectivity index (χ0v) is 10.7. The highest BCUT2D eigenvalue weighted by Gasteiger charge is 2.38. The van der Waals surface area contributed by atoms with Crippen molar-refractivity contribution in [3.8, 4) is 0 Å². The van der Waals surface area contributed by atoms with Crippen molar-refractivity contribution in [1.29, 1.82) is 0 Å². The SMILES string of the molecule is CC1(C(=O)N2CCCC(CO)C2)CCCCN1. The zero-order valence-electron chi connectivity index (χ0n) is 10.7. The Labute approximate surface area is 103 Å². The first kappa shape index (κ1) is 12.8.